The number of carboxylic acids is 1. The smallest absolute Gasteiger partial charge is 0.339 e. The molecule has 2 N–H and O–H groups in total. The largest absolute Gasteiger partial charge is 0.478 e. The maximum atomic E-state index is 13.6. The van der Waals surface area contributed by atoms with Gasteiger partial charge in [-0.05, 0) is 18.2 Å². The Morgan fingerprint density at radius 1 is 1.50 bits per heavy atom. The first-order valence-electron chi connectivity index (χ1n) is 5.57. The zero-order chi connectivity index (χ0) is 14.5. The normalized spacial score (nSPS) is 9.80. The molecule has 1 aromatic carbocycles. The Hall–Kier alpha value is -3.01. The minimum atomic E-state index is -1.15. The van der Waals surface area contributed by atoms with Gasteiger partial charge < -0.3 is 10.4 Å². The van der Waals surface area contributed by atoms with E-state index in [0.717, 1.165) is 6.07 Å². The molecule has 0 saturated carbocycles. The molecule has 0 saturated heterocycles. The van der Waals surface area contributed by atoms with Gasteiger partial charge in [0.05, 0.1) is 29.6 Å². The second-order valence-corrected chi connectivity index (χ2v) is 3.85. The van der Waals surface area contributed by atoms with E-state index in [4.69, 9.17) is 10.4 Å². The van der Waals surface area contributed by atoms with Crippen molar-refractivity contribution in [2.24, 2.45) is 0 Å². The maximum Gasteiger partial charge on any atom is 0.339 e. The molecule has 0 aliphatic carbocycles. The third kappa shape index (κ3) is 2.87. The quantitative estimate of drug-likeness (QED) is 0.880. The van der Waals surface area contributed by atoms with Crippen molar-refractivity contribution in [1.29, 1.82) is 5.26 Å². The summed E-state index contributed by atoms with van der Waals surface area (Å²) < 4.78 is 13.6. The molecule has 2 aromatic rings. The van der Waals surface area contributed by atoms with Crippen LogP contribution >= 0.6 is 0 Å². The monoisotopic (exact) mass is 272 g/mol. The Labute approximate surface area is 113 Å². The van der Waals surface area contributed by atoms with Crippen molar-refractivity contribution >= 4 is 11.7 Å². The van der Waals surface area contributed by atoms with Gasteiger partial charge >= 0.3 is 5.97 Å². The van der Waals surface area contributed by atoms with Gasteiger partial charge in [-0.25, -0.2) is 19.2 Å². The molecule has 0 fully saturated rings. The van der Waals surface area contributed by atoms with E-state index in [2.05, 4.69) is 15.3 Å². The number of nitriles is 1. The number of aromatic carboxylic acids is 1. The lowest BCUT2D eigenvalue weighted by Crippen LogP contribution is -2.10. The molecular weight excluding hydrogens is 263 g/mol. The van der Waals surface area contributed by atoms with Gasteiger partial charge in [0.1, 0.15) is 17.7 Å². The van der Waals surface area contributed by atoms with Crippen molar-refractivity contribution < 1.29 is 14.3 Å². The Kier molecular flexibility index (Phi) is 3.86. The molecule has 100 valence electrons. The molecule has 0 unspecified atom stereocenters. The van der Waals surface area contributed by atoms with E-state index < -0.39 is 11.8 Å². The fourth-order valence-electron chi connectivity index (χ4n) is 1.58. The van der Waals surface area contributed by atoms with Crippen LogP contribution in [0.1, 0.15) is 21.6 Å². The van der Waals surface area contributed by atoms with Crippen LogP contribution in [0.3, 0.4) is 0 Å². The van der Waals surface area contributed by atoms with Crippen LogP contribution in [0.4, 0.5) is 10.1 Å². The summed E-state index contributed by atoms with van der Waals surface area (Å²) in [7, 11) is 0. The molecule has 0 spiro atoms. The summed E-state index contributed by atoms with van der Waals surface area (Å²) in [4.78, 5) is 18.4. The van der Waals surface area contributed by atoms with Gasteiger partial charge in [0, 0.05) is 6.20 Å². The van der Waals surface area contributed by atoms with E-state index in [1.54, 1.807) is 0 Å². The van der Waals surface area contributed by atoms with Gasteiger partial charge in [-0.2, -0.15) is 5.26 Å². The number of carboxylic acid groups (broad SMARTS) is 1. The molecule has 0 radical (unpaired) electrons. The van der Waals surface area contributed by atoms with E-state index in [1.807, 2.05) is 6.07 Å². The van der Waals surface area contributed by atoms with Gasteiger partial charge in [0.2, 0.25) is 0 Å². The van der Waals surface area contributed by atoms with Crippen molar-refractivity contribution in [2.75, 3.05) is 5.32 Å². The highest BCUT2D eigenvalue weighted by atomic mass is 19.1. The Bertz CT molecular complexity index is 697. The van der Waals surface area contributed by atoms with Crippen molar-refractivity contribution in [3.05, 3.63) is 53.4 Å². The highest BCUT2D eigenvalue weighted by molar-refractivity contribution is 5.88. The molecule has 6 nitrogen and oxygen atoms in total. The number of halogens is 1. The van der Waals surface area contributed by atoms with Crippen LogP contribution in [-0.4, -0.2) is 21.0 Å². The van der Waals surface area contributed by atoms with E-state index in [9.17, 15) is 9.18 Å². The summed E-state index contributed by atoms with van der Waals surface area (Å²) >= 11 is 0. The minimum Gasteiger partial charge on any atom is -0.478 e. The van der Waals surface area contributed by atoms with Crippen molar-refractivity contribution in [3.63, 3.8) is 0 Å². The van der Waals surface area contributed by atoms with Crippen LogP contribution in [-0.2, 0) is 6.54 Å². The number of hydrogen-bond acceptors (Lipinski definition) is 5. The summed E-state index contributed by atoms with van der Waals surface area (Å²) in [6.45, 7) is 0.0347. The molecule has 2 rings (SSSR count). The molecule has 0 bridgehead atoms. The molecule has 0 aliphatic heterocycles. The average molecular weight is 272 g/mol. The van der Waals surface area contributed by atoms with Crippen LogP contribution in [0.2, 0.25) is 0 Å². The highest BCUT2D eigenvalue weighted by Gasteiger charge is 2.12. The minimum absolute atomic E-state index is 0.0347. The third-order valence-electron chi connectivity index (χ3n) is 2.57. The fourth-order valence-corrected chi connectivity index (χ4v) is 1.58. The third-order valence-corrected chi connectivity index (χ3v) is 2.57. The Morgan fingerprint density at radius 2 is 2.30 bits per heavy atom. The predicted molar refractivity (Wildman–Crippen MR) is 67.4 cm³/mol. The van der Waals surface area contributed by atoms with Crippen molar-refractivity contribution in [3.8, 4) is 6.07 Å². The molecule has 7 heteroatoms. The zero-order valence-corrected chi connectivity index (χ0v) is 10.2. The number of carbonyl (C=O) groups is 1. The number of anilines is 1. The van der Waals surface area contributed by atoms with E-state index in [0.29, 0.717) is 0 Å². The molecule has 20 heavy (non-hydrogen) atoms. The Morgan fingerprint density at radius 3 is 2.95 bits per heavy atom. The van der Waals surface area contributed by atoms with Crippen molar-refractivity contribution in [2.45, 2.75) is 6.54 Å². The first-order chi connectivity index (χ1) is 9.61. The van der Waals surface area contributed by atoms with Crippen LogP contribution in [0.25, 0.3) is 0 Å². The summed E-state index contributed by atoms with van der Waals surface area (Å²) in [5.41, 5.74) is 0.575. The molecular formula is C13H9FN4O2. The standard InChI is InChI=1S/C13H9FN4O2/c14-10-3-8(4-15)1-2-11(10)17-6-12-9(13(19)20)5-16-7-18-12/h1-3,5,7,17H,6H2,(H,19,20). The number of hydrogen-bond donors (Lipinski definition) is 2. The van der Waals surface area contributed by atoms with Crippen molar-refractivity contribution in [1.82, 2.24) is 9.97 Å². The van der Waals surface area contributed by atoms with Gasteiger partial charge in [0.25, 0.3) is 0 Å². The molecule has 0 aliphatic rings. The average Bonchev–Trinajstić information content (AvgIpc) is 2.46. The van der Waals surface area contributed by atoms with Crippen LogP contribution in [0.5, 0.6) is 0 Å². The lowest BCUT2D eigenvalue weighted by molar-refractivity contribution is 0.0694. The van der Waals surface area contributed by atoms with Crippen LogP contribution in [0.15, 0.2) is 30.7 Å². The first kappa shape index (κ1) is 13.4. The number of aromatic nitrogens is 2. The lowest BCUT2D eigenvalue weighted by Gasteiger charge is -2.08. The van der Waals surface area contributed by atoms with Gasteiger partial charge in [-0.15, -0.1) is 0 Å². The molecule has 1 aromatic heterocycles. The summed E-state index contributed by atoms with van der Waals surface area (Å²) in [5.74, 6) is -1.74. The molecule has 0 atom stereocenters. The van der Waals surface area contributed by atoms with E-state index >= 15 is 0 Å². The number of rotatable bonds is 4. The number of benzene rings is 1. The second kappa shape index (κ2) is 5.75. The molecule has 1 heterocycles. The van der Waals surface area contributed by atoms with Crippen LogP contribution < -0.4 is 5.32 Å². The van der Waals surface area contributed by atoms with E-state index in [1.165, 1.54) is 24.7 Å². The van der Waals surface area contributed by atoms with E-state index in [-0.39, 0.29) is 29.1 Å². The second-order valence-electron chi connectivity index (χ2n) is 3.85. The Balaban J connectivity index is 2.18. The van der Waals surface area contributed by atoms with Gasteiger partial charge in [-0.3, -0.25) is 0 Å². The lowest BCUT2D eigenvalue weighted by atomic mass is 10.2. The summed E-state index contributed by atoms with van der Waals surface area (Å²) in [5, 5.41) is 20.3. The van der Waals surface area contributed by atoms with Gasteiger partial charge in [-0.1, -0.05) is 0 Å². The topological polar surface area (TPSA) is 98.9 Å². The summed E-state index contributed by atoms with van der Waals surface area (Å²) in [6, 6.07) is 5.80. The first-order valence-corrected chi connectivity index (χ1v) is 5.57. The predicted octanol–water partition coefficient (Wildman–Crippen LogP) is 1.80. The van der Waals surface area contributed by atoms with Crippen LogP contribution in [0, 0.1) is 17.1 Å². The zero-order valence-electron chi connectivity index (χ0n) is 10.2. The number of nitrogens with one attached hydrogen (secondary N) is 1. The SMILES string of the molecule is N#Cc1ccc(NCc2ncncc2C(=O)O)c(F)c1. The fraction of sp³-hybridized carbons (Fsp3) is 0.0769. The molecule has 0 amide bonds. The summed E-state index contributed by atoms with van der Waals surface area (Å²) in [6.07, 6.45) is 2.40. The highest BCUT2D eigenvalue weighted by Crippen LogP contribution is 2.16. The number of nitrogens with zero attached hydrogens (tertiary/aromatic N) is 3. The maximum absolute atomic E-state index is 13.6. The van der Waals surface area contributed by atoms with Gasteiger partial charge in [0.15, 0.2) is 0 Å².